The van der Waals surface area contributed by atoms with Gasteiger partial charge in [-0.2, -0.15) is 0 Å². The van der Waals surface area contributed by atoms with E-state index in [-0.39, 0.29) is 22.4 Å². The lowest BCUT2D eigenvalue weighted by atomic mass is 10.2. The molecule has 1 aliphatic rings. The average molecular weight is 403 g/mol. The fourth-order valence-corrected chi connectivity index (χ4v) is 3.56. The number of aryl methyl sites for hydroxylation is 1. The van der Waals surface area contributed by atoms with E-state index in [0.29, 0.717) is 22.2 Å². The van der Waals surface area contributed by atoms with Crippen LogP contribution >= 0.6 is 23.4 Å². The number of nitrogens with zero attached hydrogens (tertiary/aromatic N) is 1. The van der Waals surface area contributed by atoms with Gasteiger partial charge in [0, 0.05) is 0 Å². The second kappa shape index (κ2) is 8.50. The molecule has 1 fully saturated rings. The van der Waals surface area contributed by atoms with Gasteiger partial charge in [0.25, 0.3) is 5.91 Å². The van der Waals surface area contributed by atoms with Gasteiger partial charge in [-0.15, -0.1) is 0 Å². The zero-order valence-corrected chi connectivity index (χ0v) is 16.5. The van der Waals surface area contributed by atoms with Crippen LogP contribution in [0.5, 0.6) is 11.5 Å². The zero-order chi connectivity index (χ0) is 19.4. The van der Waals surface area contributed by atoms with Crippen LogP contribution in [0.2, 0.25) is 5.02 Å². The number of benzene rings is 2. The number of halogens is 1. The molecule has 2 aromatic carbocycles. The summed E-state index contributed by atoms with van der Waals surface area (Å²) in [7, 11) is 0. The SMILES string of the molecule is CCOc1cc(/C=C2\SC(=Nc3ccc(CC)cc3)NC2=O)cc(Cl)c1O. The number of rotatable bonds is 5. The zero-order valence-electron chi connectivity index (χ0n) is 15.0. The van der Waals surface area contributed by atoms with Crippen LogP contribution in [-0.2, 0) is 11.2 Å². The Morgan fingerprint density at radius 1 is 1.26 bits per heavy atom. The standard InChI is InChI=1S/C20H19ClN2O3S/c1-3-12-5-7-14(8-6-12)22-20-23-19(25)17(27-20)11-13-9-15(21)18(24)16(10-13)26-4-2/h5-11,24H,3-4H2,1-2H3,(H,22,23,25)/b17-11-. The van der Waals surface area contributed by atoms with Gasteiger partial charge < -0.3 is 15.2 Å². The monoisotopic (exact) mass is 402 g/mol. The normalized spacial score (nSPS) is 16.8. The number of aliphatic imine (C=N–C) groups is 1. The molecule has 3 rings (SSSR count). The van der Waals surface area contributed by atoms with Gasteiger partial charge in [-0.25, -0.2) is 4.99 Å². The summed E-state index contributed by atoms with van der Waals surface area (Å²) in [6.07, 6.45) is 2.66. The van der Waals surface area contributed by atoms with Crippen LogP contribution in [0.3, 0.4) is 0 Å². The summed E-state index contributed by atoms with van der Waals surface area (Å²) >= 11 is 7.30. The van der Waals surface area contributed by atoms with Crippen molar-refractivity contribution >= 4 is 46.2 Å². The highest BCUT2D eigenvalue weighted by atomic mass is 35.5. The fraction of sp³-hybridized carbons (Fsp3) is 0.200. The molecule has 0 aromatic heterocycles. The van der Waals surface area contributed by atoms with Crippen molar-refractivity contribution < 1.29 is 14.6 Å². The highest BCUT2D eigenvalue weighted by Crippen LogP contribution is 2.37. The summed E-state index contributed by atoms with van der Waals surface area (Å²) in [6, 6.07) is 11.1. The molecule has 2 aromatic rings. The number of phenols is 1. The van der Waals surface area contributed by atoms with Crippen LogP contribution in [0.25, 0.3) is 6.08 Å². The smallest absolute Gasteiger partial charge is 0.264 e. The molecule has 7 heteroatoms. The quantitative estimate of drug-likeness (QED) is 0.698. The van der Waals surface area contributed by atoms with Crippen molar-refractivity contribution in [2.75, 3.05) is 6.61 Å². The second-order valence-electron chi connectivity index (χ2n) is 5.78. The molecule has 1 amide bonds. The number of hydrogen-bond donors (Lipinski definition) is 2. The van der Waals surface area contributed by atoms with E-state index >= 15 is 0 Å². The van der Waals surface area contributed by atoms with Gasteiger partial charge in [0.1, 0.15) is 0 Å². The Labute approximate surface area is 167 Å². The van der Waals surface area contributed by atoms with Crippen molar-refractivity contribution in [1.82, 2.24) is 5.32 Å². The summed E-state index contributed by atoms with van der Waals surface area (Å²) in [5.41, 5.74) is 2.67. The first-order chi connectivity index (χ1) is 13.0. The van der Waals surface area contributed by atoms with Crippen molar-refractivity contribution in [3.63, 3.8) is 0 Å². The number of amides is 1. The highest BCUT2D eigenvalue weighted by Gasteiger charge is 2.24. The van der Waals surface area contributed by atoms with Gasteiger partial charge in [0.2, 0.25) is 0 Å². The van der Waals surface area contributed by atoms with Crippen LogP contribution in [-0.4, -0.2) is 22.8 Å². The Kier molecular flexibility index (Phi) is 6.08. The second-order valence-corrected chi connectivity index (χ2v) is 7.22. The third-order valence-electron chi connectivity index (χ3n) is 3.87. The number of carbonyl (C=O) groups is 1. The number of aromatic hydroxyl groups is 1. The summed E-state index contributed by atoms with van der Waals surface area (Å²) in [4.78, 5) is 17.2. The van der Waals surface area contributed by atoms with Crippen molar-refractivity contribution in [3.8, 4) is 11.5 Å². The maximum absolute atomic E-state index is 12.2. The third kappa shape index (κ3) is 4.64. The van der Waals surface area contributed by atoms with Crippen molar-refractivity contribution in [3.05, 3.63) is 57.5 Å². The first kappa shape index (κ1) is 19.3. The fourth-order valence-electron chi connectivity index (χ4n) is 2.50. The number of amidine groups is 1. The molecule has 1 aliphatic heterocycles. The number of carbonyl (C=O) groups excluding carboxylic acids is 1. The maximum atomic E-state index is 12.2. The molecule has 0 radical (unpaired) electrons. The largest absolute Gasteiger partial charge is 0.503 e. The minimum Gasteiger partial charge on any atom is -0.503 e. The summed E-state index contributed by atoms with van der Waals surface area (Å²) < 4.78 is 5.37. The molecule has 5 nitrogen and oxygen atoms in total. The number of thioether (sulfide) groups is 1. The molecule has 140 valence electrons. The molecule has 0 aliphatic carbocycles. The van der Waals surface area contributed by atoms with Gasteiger partial charge in [0.15, 0.2) is 16.7 Å². The Bertz CT molecular complexity index is 924. The van der Waals surface area contributed by atoms with E-state index in [1.165, 1.54) is 17.3 Å². The number of nitrogens with one attached hydrogen (secondary N) is 1. The van der Waals surface area contributed by atoms with Crippen molar-refractivity contribution in [2.45, 2.75) is 20.3 Å². The number of ether oxygens (including phenoxy) is 1. The van der Waals surface area contributed by atoms with E-state index in [1.807, 2.05) is 31.2 Å². The molecule has 1 saturated heterocycles. The predicted octanol–water partition coefficient (Wildman–Crippen LogP) is 4.90. The van der Waals surface area contributed by atoms with E-state index in [4.69, 9.17) is 16.3 Å². The maximum Gasteiger partial charge on any atom is 0.264 e. The molecule has 0 bridgehead atoms. The van der Waals surface area contributed by atoms with Gasteiger partial charge >= 0.3 is 0 Å². The average Bonchev–Trinajstić information content (AvgIpc) is 2.99. The lowest BCUT2D eigenvalue weighted by Gasteiger charge is -2.08. The Morgan fingerprint density at radius 2 is 2.00 bits per heavy atom. The molecule has 0 saturated carbocycles. The molecular formula is C20H19ClN2O3S. The summed E-state index contributed by atoms with van der Waals surface area (Å²) in [6.45, 7) is 4.30. The molecule has 0 atom stereocenters. The molecule has 0 spiro atoms. The lowest BCUT2D eigenvalue weighted by Crippen LogP contribution is -2.19. The predicted molar refractivity (Wildman–Crippen MR) is 111 cm³/mol. The van der Waals surface area contributed by atoms with Crippen molar-refractivity contribution in [2.24, 2.45) is 4.99 Å². The van der Waals surface area contributed by atoms with Gasteiger partial charge in [-0.3, -0.25) is 4.79 Å². The summed E-state index contributed by atoms with van der Waals surface area (Å²) in [5.74, 6) is -0.0572. The highest BCUT2D eigenvalue weighted by molar-refractivity contribution is 8.18. The molecular weight excluding hydrogens is 384 g/mol. The first-order valence-electron chi connectivity index (χ1n) is 8.54. The third-order valence-corrected chi connectivity index (χ3v) is 5.07. The Balaban J connectivity index is 1.83. The van der Waals surface area contributed by atoms with Crippen LogP contribution in [0.1, 0.15) is 25.0 Å². The van der Waals surface area contributed by atoms with Crippen LogP contribution in [0.15, 0.2) is 46.3 Å². The van der Waals surface area contributed by atoms with E-state index in [2.05, 4.69) is 17.2 Å². The Morgan fingerprint density at radius 3 is 2.67 bits per heavy atom. The van der Waals surface area contributed by atoms with Gasteiger partial charge in [-0.1, -0.05) is 30.7 Å². The topological polar surface area (TPSA) is 70.9 Å². The van der Waals surface area contributed by atoms with E-state index < -0.39 is 0 Å². The molecule has 2 N–H and O–H groups in total. The summed E-state index contributed by atoms with van der Waals surface area (Å²) in [5, 5.41) is 13.4. The van der Waals surface area contributed by atoms with E-state index in [1.54, 1.807) is 18.2 Å². The molecule has 27 heavy (non-hydrogen) atoms. The van der Waals surface area contributed by atoms with Crippen molar-refractivity contribution in [1.29, 1.82) is 0 Å². The van der Waals surface area contributed by atoms with E-state index in [9.17, 15) is 9.90 Å². The van der Waals surface area contributed by atoms with Gasteiger partial charge in [-0.05, 0) is 66.6 Å². The number of hydrogen-bond acceptors (Lipinski definition) is 5. The van der Waals surface area contributed by atoms with Crippen LogP contribution in [0, 0.1) is 0 Å². The van der Waals surface area contributed by atoms with E-state index in [0.717, 1.165) is 12.1 Å². The molecule has 1 heterocycles. The minimum absolute atomic E-state index is 0.109. The lowest BCUT2D eigenvalue weighted by molar-refractivity contribution is -0.115. The van der Waals surface area contributed by atoms with Crippen LogP contribution < -0.4 is 10.1 Å². The number of phenolic OH excluding ortho intramolecular Hbond substituents is 1. The first-order valence-corrected chi connectivity index (χ1v) is 9.73. The molecule has 0 unspecified atom stereocenters. The van der Waals surface area contributed by atoms with Gasteiger partial charge in [0.05, 0.1) is 22.2 Å². The Hall–Kier alpha value is -2.44. The van der Waals surface area contributed by atoms with Crippen LogP contribution in [0.4, 0.5) is 5.69 Å². The minimum atomic E-state index is -0.230.